The smallest absolute Gasteiger partial charge is 0.318 e. The summed E-state index contributed by atoms with van der Waals surface area (Å²) in [5.41, 5.74) is -0.377. The standard InChI is InChI=1S/C12H11ClF2N3O5P/c1-6-2-3-8(7(14)4-6)16-12(19)10-9(15)11(13)17-18(10)5-23-24(20,21)22/h2-4H,5H2,1H3,(H,16,19)(H2,20,21,22). The van der Waals surface area contributed by atoms with Crippen molar-refractivity contribution in [3.8, 4) is 0 Å². The van der Waals surface area contributed by atoms with Crippen molar-refractivity contribution in [3.63, 3.8) is 0 Å². The molecule has 0 spiro atoms. The lowest BCUT2D eigenvalue weighted by Crippen LogP contribution is -2.20. The maximum absolute atomic E-state index is 13.9. The lowest BCUT2D eigenvalue weighted by atomic mass is 10.2. The van der Waals surface area contributed by atoms with Crippen molar-refractivity contribution in [1.29, 1.82) is 0 Å². The third-order valence-corrected chi connectivity index (χ3v) is 3.49. The molecule has 0 aliphatic carbocycles. The first-order chi connectivity index (χ1) is 11.1. The van der Waals surface area contributed by atoms with Crippen molar-refractivity contribution in [2.45, 2.75) is 13.7 Å². The molecule has 0 aliphatic heterocycles. The highest BCUT2D eigenvalue weighted by molar-refractivity contribution is 7.46. The zero-order valence-electron chi connectivity index (χ0n) is 12.0. The molecule has 0 aliphatic rings. The van der Waals surface area contributed by atoms with E-state index in [2.05, 4.69) is 14.9 Å². The fraction of sp³-hybridized carbons (Fsp3) is 0.167. The van der Waals surface area contributed by atoms with E-state index in [0.29, 0.717) is 10.2 Å². The number of benzene rings is 1. The quantitative estimate of drug-likeness (QED) is 0.685. The van der Waals surface area contributed by atoms with Crippen LogP contribution in [-0.4, -0.2) is 25.5 Å². The number of nitrogens with one attached hydrogen (secondary N) is 1. The monoisotopic (exact) mass is 381 g/mol. The minimum absolute atomic E-state index is 0.218. The van der Waals surface area contributed by atoms with Crippen molar-refractivity contribution in [2.75, 3.05) is 5.32 Å². The lowest BCUT2D eigenvalue weighted by Gasteiger charge is -2.10. The van der Waals surface area contributed by atoms with Crippen LogP contribution in [0.1, 0.15) is 16.1 Å². The molecule has 0 bridgehead atoms. The van der Waals surface area contributed by atoms with Crippen LogP contribution < -0.4 is 5.32 Å². The third-order valence-electron chi connectivity index (χ3n) is 2.79. The summed E-state index contributed by atoms with van der Waals surface area (Å²) in [5, 5.41) is 4.81. The van der Waals surface area contributed by atoms with Crippen molar-refractivity contribution < 1.29 is 32.5 Å². The summed E-state index contributed by atoms with van der Waals surface area (Å²) in [6.45, 7) is 0.704. The normalized spacial score (nSPS) is 11.6. The maximum atomic E-state index is 13.9. The number of hydrogen-bond acceptors (Lipinski definition) is 4. The van der Waals surface area contributed by atoms with E-state index in [-0.39, 0.29) is 5.69 Å². The molecule has 0 saturated heterocycles. The summed E-state index contributed by atoms with van der Waals surface area (Å²) in [6.07, 6.45) is 0. The molecule has 2 rings (SSSR count). The Balaban J connectivity index is 2.29. The molecule has 1 aromatic carbocycles. The Kier molecular flexibility index (Phi) is 5.36. The first-order valence-corrected chi connectivity index (χ1v) is 8.18. The number of phosphoric acid groups is 1. The summed E-state index contributed by atoms with van der Waals surface area (Å²) in [5.74, 6) is -3.10. The maximum Gasteiger partial charge on any atom is 0.471 e. The minimum atomic E-state index is -4.89. The number of amides is 1. The van der Waals surface area contributed by atoms with Gasteiger partial charge in [0.2, 0.25) is 0 Å². The number of hydrogen-bond donors (Lipinski definition) is 3. The van der Waals surface area contributed by atoms with Gasteiger partial charge in [-0.3, -0.25) is 9.32 Å². The van der Waals surface area contributed by atoms with Gasteiger partial charge < -0.3 is 15.1 Å². The molecule has 2 aromatic rings. The van der Waals surface area contributed by atoms with E-state index in [1.54, 1.807) is 6.92 Å². The van der Waals surface area contributed by atoms with E-state index in [9.17, 15) is 18.1 Å². The molecule has 1 aromatic heterocycles. The second kappa shape index (κ2) is 6.96. The summed E-state index contributed by atoms with van der Waals surface area (Å²) < 4.78 is 43.1. The van der Waals surface area contributed by atoms with Crippen molar-refractivity contribution in [3.05, 3.63) is 46.2 Å². The number of rotatable bonds is 5. The molecular formula is C12H11ClF2N3O5P. The molecule has 0 saturated carbocycles. The Labute approximate surface area is 139 Å². The SMILES string of the molecule is Cc1ccc(NC(=O)c2c(F)c(Cl)nn2COP(=O)(O)O)c(F)c1. The first kappa shape index (κ1) is 18.5. The van der Waals surface area contributed by atoms with Crippen molar-refractivity contribution in [2.24, 2.45) is 0 Å². The number of aromatic nitrogens is 2. The fourth-order valence-electron chi connectivity index (χ4n) is 1.75. The van der Waals surface area contributed by atoms with Crippen LogP contribution in [0.15, 0.2) is 18.2 Å². The van der Waals surface area contributed by atoms with Gasteiger partial charge in [-0.05, 0) is 24.6 Å². The highest BCUT2D eigenvalue weighted by Gasteiger charge is 2.26. The van der Waals surface area contributed by atoms with Crippen LogP contribution in [0.2, 0.25) is 5.15 Å². The summed E-state index contributed by atoms with van der Waals surface area (Å²) in [7, 11) is -4.89. The molecule has 1 amide bonds. The zero-order chi connectivity index (χ0) is 18.1. The lowest BCUT2D eigenvalue weighted by molar-refractivity contribution is 0.0981. The average molecular weight is 382 g/mol. The van der Waals surface area contributed by atoms with Gasteiger partial charge in [0, 0.05) is 0 Å². The van der Waals surface area contributed by atoms with Crippen LogP contribution in [0, 0.1) is 18.6 Å². The van der Waals surface area contributed by atoms with E-state index in [1.165, 1.54) is 12.1 Å². The van der Waals surface area contributed by atoms with E-state index in [4.69, 9.17) is 21.4 Å². The van der Waals surface area contributed by atoms with E-state index in [1.807, 2.05) is 0 Å². The van der Waals surface area contributed by atoms with Gasteiger partial charge in [0.05, 0.1) is 5.69 Å². The van der Waals surface area contributed by atoms with Gasteiger partial charge in [0.1, 0.15) is 5.82 Å². The Hall–Kier alpha value is -1.84. The van der Waals surface area contributed by atoms with Crippen molar-refractivity contribution >= 4 is 31.0 Å². The second-order valence-electron chi connectivity index (χ2n) is 4.64. The van der Waals surface area contributed by atoms with Crippen LogP contribution in [-0.2, 0) is 15.8 Å². The number of nitrogens with zero attached hydrogens (tertiary/aromatic N) is 2. The molecule has 3 N–H and O–H groups in total. The molecule has 1 heterocycles. The molecule has 8 nitrogen and oxygen atoms in total. The topological polar surface area (TPSA) is 114 Å². The van der Waals surface area contributed by atoms with Gasteiger partial charge in [-0.15, -0.1) is 0 Å². The van der Waals surface area contributed by atoms with Gasteiger partial charge in [-0.1, -0.05) is 17.7 Å². The highest BCUT2D eigenvalue weighted by Crippen LogP contribution is 2.36. The second-order valence-corrected chi connectivity index (χ2v) is 6.24. The van der Waals surface area contributed by atoms with Crippen LogP contribution in [0.5, 0.6) is 0 Å². The van der Waals surface area contributed by atoms with Gasteiger partial charge in [0.15, 0.2) is 23.4 Å². The number of aryl methyl sites for hydroxylation is 1. The largest absolute Gasteiger partial charge is 0.471 e. The predicted molar refractivity (Wildman–Crippen MR) is 79.4 cm³/mol. The summed E-state index contributed by atoms with van der Waals surface area (Å²) in [4.78, 5) is 29.4. The molecular weight excluding hydrogens is 371 g/mol. The molecule has 0 unspecified atom stereocenters. The van der Waals surface area contributed by atoms with Crippen molar-refractivity contribution in [1.82, 2.24) is 9.78 Å². The number of carbonyl (C=O) groups excluding carboxylic acids is 1. The third kappa shape index (κ3) is 4.37. The summed E-state index contributed by atoms with van der Waals surface area (Å²) >= 11 is 5.47. The Morgan fingerprint density at radius 3 is 2.71 bits per heavy atom. The average Bonchev–Trinajstić information content (AvgIpc) is 2.74. The molecule has 0 fully saturated rings. The Morgan fingerprint density at radius 2 is 2.12 bits per heavy atom. The Bertz CT molecular complexity index is 838. The molecule has 24 heavy (non-hydrogen) atoms. The van der Waals surface area contributed by atoms with Crippen LogP contribution in [0.25, 0.3) is 0 Å². The van der Waals surface area contributed by atoms with E-state index < -0.39 is 42.9 Å². The number of halogens is 3. The number of carbonyl (C=O) groups is 1. The predicted octanol–water partition coefficient (Wildman–Crippen LogP) is 2.44. The fourth-order valence-corrected chi connectivity index (χ4v) is 2.19. The van der Waals surface area contributed by atoms with Gasteiger partial charge in [0.25, 0.3) is 5.91 Å². The summed E-state index contributed by atoms with van der Waals surface area (Å²) in [6, 6.07) is 3.96. The number of phosphoric ester groups is 1. The number of anilines is 1. The highest BCUT2D eigenvalue weighted by atomic mass is 35.5. The van der Waals surface area contributed by atoms with Gasteiger partial charge in [-0.2, -0.15) is 5.10 Å². The molecule has 130 valence electrons. The molecule has 12 heteroatoms. The van der Waals surface area contributed by atoms with Crippen LogP contribution in [0.3, 0.4) is 0 Å². The van der Waals surface area contributed by atoms with Crippen LogP contribution in [0.4, 0.5) is 14.5 Å². The molecule has 0 atom stereocenters. The zero-order valence-corrected chi connectivity index (χ0v) is 13.7. The van der Waals surface area contributed by atoms with Crippen LogP contribution >= 0.6 is 19.4 Å². The van der Waals surface area contributed by atoms with E-state index in [0.717, 1.165) is 6.07 Å². The Morgan fingerprint density at radius 1 is 1.46 bits per heavy atom. The molecule has 0 radical (unpaired) electrons. The minimum Gasteiger partial charge on any atom is -0.318 e. The van der Waals surface area contributed by atoms with E-state index >= 15 is 0 Å². The first-order valence-electron chi connectivity index (χ1n) is 6.28. The van der Waals surface area contributed by atoms with Gasteiger partial charge >= 0.3 is 7.82 Å². The van der Waals surface area contributed by atoms with Gasteiger partial charge in [-0.25, -0.2) is 18.0 Å².